The van der Waals surface area contributed by atoms with Crippen LogP contribution in [0.4, 0.5) is 0 Å². The fourth-order valence-corrected chi connectivity index (χ4v) is 1.32. The van der Waals surface area contributed by atoms with Gasteiger partial charge >= 0.3 is 0 Å². The van der Waals surface area contributed by atoms with Crippen LogP contribution in [0.3, 0.4) is 0 Å². The fourth-order valence-electron chi connectivity index (χ4n) is 1.32. The number of hydrogen-bond donors (Lipinski definition) is 2. The van der Waals surface area contributed by atoms with Gasteiger partial charge in [0.25, 0.3) is 0 Å². The van der Waals surface area contributed by atoms with E-state index in [0.717, 1.165) is 13.1 Å². The van der Waals surface area contributed by atoms with E-state index in [9.17, 15) is 0 Å². The number of halogens is 1. The van der Waals surface area contributed by atoms with E-state index >= 15 is 0 Å². The maximum Gasteiger partial charge on any atom is 0.0522 e. The van der Waals surface area contributed by atoms with Crippen LogP contribution in [-0.4, -0.2) is 16.7 Å². The molecule has 1 aromatic heterocycles. The van der Waals surface area contributed by atoms with Crippen LogP contribution in [-0.2, 0) is 13.0 Å². The molecular weight excluding hydrogens is 162 g/mol. The van der Waals surface area contributed by atoms with Gasteiger partial charge in [-0.25, -0.2) is 0 Å². The minimum atomic E-state index is 0. The smallest absolute Gasteiger partial charge is 0.0522 e. The molecule has 2 rings (SSSR count). The predicted molar refractivity (Wildman–Crippen MR) is 45.9 cm³/mol. The van der Waals surface area contributed by atoms with Crippen molar-refractivity contribution in [2.24, 2.45) is 0 Å². The lowest BCUT2D eigenvalue weighted by molar-refractivity contribution is 0.668. The maximum atomic E-state index is 3.98. The van der Waals surface area contributed by atoms with E-state index in [1.54, 1.807) is 0 Å². The summed E-state index contributed by atoms with van der Waals surface area (Å²) < 4.78 is 0. The molecule has 1 aromatic rings. The van der Waals surface area contributed by atoms with Gasteiger partial charge in [0, 0.05) is 6.54 Å². The summed E-state index contributed by atoms with van der Waals surface area (Å²) in [5.74, 6) is 0. The van der Waals surface area contributed by atoms with Gasteiger partial charge in [-0.05, 0) is 24.9 Å². The van der Waals surface area contributed by atoms with Crippen molar-refractivity contribution in [1.82, 2.24) is 15.5 Å². The van der Waals surface area contributed by atoms with Gasteiger partial charge in [-0.1, -0.05) is 0 Å². The molecule has 0 saturated carbocycles. The second-order valence-corrected chi connectivity index (χ2v) is 2.65. The molecule has 0 amide bonds. The molecule has 0 fully saturated rings. The molecule has 2 heterocycles. The number of nitrogens with zero attached hydrogens (tertiary/aromatic N) is 1. The lowest BCUT2D eigenvalue weighted by Gasteiger charge is -1.94. The number of nitrogens with one attached hydrogen (secondary N) is 2. The minimum absolute atomic E-state index is 0. The van der Waals surface area contributed by atoms with Crippen LogP contribution >= 0.6 is 12.4 Å². The number of H-pyrrole nitrogens is 1. The number of rotatable bonds is 0. The Morgan fingerprint density at radius 3 is 3.27 bits per heavy atom. The van der Waals surface area contributed by atoms with Crippen molar-refractivity contribution in [3.63, 3.8) is 0 Å². The number of aromatic amines is 1. The maximum absolute atomic E-state index is 3.98. The van der Waals surface area contributed by atoms with E-state index in [1.165, 1.54) is 24.1 Å². The Morgan fingerprint density at radius 1 is 1.45 bits per heavy atom. The summed E-state index contributed by atoms with van der Waals surface area (Å²) in [6.07, 6.45) is 4.33. The molecule has 1 aliphatic rings. The van der Waals surface area contributed by atoms with Crippen molar-refractivity contribution in [3.05, 3.63) is 17.5 Å². The Morgan fingerprint density at radius 2 is 2.36 bits per heavy atom. The Bertz CT molecular complexity index is 201. The molecule has 0 aromatic carbocycles. The highest BCUT2D eigenvalue weighted by Crippen LogP contribution is 2.09. The van der Waals surface area contributed by atoms with Crippen molar-refractivity contribution >= 4 is 12.4 Å². The predicted octanol–water partition coefficient (Wildman–Crippen LogP) is 0.867. The second-order valence-electron chi connectivity index (χ2n) is 2.65. The average Bonchev–Trinajstić information content (AvgIpc) is 2.28. The van der Waals surface area contributed by atoms with Crippen LogP contribution in [0.2, 0.25) is 0 Å². The molecule has 0 spiro atoms. The van der Waals surface area contributed by atoms with Crippen LogP contribution in [0, 0.1) is 0 Å². The normalized spacial score (nSPS) is 16.4. The zero-order chi connectivity index (χ0) is 6.81. The standard InChI is InChI=1S/C7H11N3.ClH/c1-2-6-4-9-10-7(6)5-8-3-1;/h4,8H,1-3,5H2,(H,9,10);1H. The van der Waals surface area contributed by atoms with Crippen LogP contribution < -0.4 is 5.32 Å². The van der Waals surface area contributed by atoms with Gasteiger partial charge < -0.3 is 5.32 Å². The quantitative estimate of drug-likeness (QED) is 0.611. The molecule has 11 heavy (non-hydrogen) atoms. The number of fused-ring (bicyclic) bond motifs is 1. The third kappa shape index (κ3) is 1.73. The lowest BCUT2D eigenvalue weighted by atomic mass is 10.2. The first kappa shape index (κ1) is 8.56. The fraction of sp³-hybridized carbons (Fsp3) is 0.571. The van der Waals surface area contributed by atoms with Crippen molar-refractivity contribution in [1.29, 1.82) is 0 Å². The van der Waals surface area contributed by atoms with Gasteiger partial charge in [0.15, 0.2) is 0 Å². The monoisotopic (exact) mass is 173 g/mol. The number of aryl methyl sites for hydroxylation is 1. The molecule has 4 heteroatoms. The van der Waals surface area contributed by atoms with Crippen molar-refractivity contribution < 1.29 is 0 Å². The van der Waals surface area contributed by atoms with E-state index in [2.05, 4.69) is 15.5 Å². The highest BCUT2D eigenvalue weighted by molar-refractivity contribution is 5.85. The number of hydrogen-bond acceptors (Lipinski definition) is 2. The summed E-state index contributed by atoms with van der Waals surface area (Å²) in [4.78, 5) is 0. The first-order valence-corrected chi connectivity index (χ1v) is 3.68. The summed E-state index contributed by atoms with van der Waals surface area (Å²) in [5, 5.41) is 10.3. The lowest BCUT2D eigenvalue weighted by Crippen LogP contribution is -2.12. The number of aromatic nitrogens is 2. The van der Waals surface area contributed by atoms with E-state index in [-0.39, 0.29) is 12.4 Å². The SMILES string of the molecule is Cl.c1n[nH]c2c1CCCNC2. The summed E-state index contributed by atoms with van der Waals surface area (Å²) in [5.41, 5.74) is 2.64. The summed E-state index contributed by atoms with van der Waals surface area (Å²) >= 11 is 0. The second kappa shape index (κ2) is 3.74. The molecule has 0 saturated heterocycles. The molecular formula is C7H12ClN3. The Kier molecular flexibility index (Phi) is 2.91. The van der Waals surface area contributed by atoms with Crippen LogP contribution in [0.25, 0.3) is 0 Å². The van der Waals surface area contributed by atoms with Crippen molar-refractivity contribution in [3.8, 4) is 0 Å². The third-order valence-corrected chi connectivity index (χ3v) is 1.91. The van der Waals surface area contributed by atoms with E-state index in [1.807, 2.05) is 6.20 Å². The molecule has 0 radical (unpaired) electrons. The van der Waals surface area contributed by atoms with E-state index in [4.69, 9.17) is 0 Å². The highest BCUT2D eigenvalue weighted by atomic mass is 35.5. The molecule has 2 N–H and O–H groups in total. The van der Waals surface area contributed by atoms with Crippen molar-refractivity contribution in [2.75, 3.05) is 6.54 Å². The summed E-state index contributed by atoms with van der Waals surface area (Å²) in [6, 6.07) is 0. The Balaban J connectivity index is 0.000000605. The molecule has 3 nitrogen and oxygen atoms in total. The van der Waals surface area contributed by atoms with E-state index < -0.39 is 0 Å². The molecule has 0 aliphatic carbocycles. The molecule has 62 valence electrons. The Labute approximate surface area is 72.0 Å². The van der Waals surface area contributed by atoms with Gasteiger partial charge in [-0.2, -0.15) is 5.10 Å². The summed E-state index contributed by atoms with van der Waals surface area (Å²) in [7, 11) is 0. The van der Waals surface area contributed by atoms with Crippen molar-refractivity contribution in [2.45, 2.75) is 19.4 Å². The average molecular weight is 174 g/mol. The first-order valence-electron chi connectivity index (χ1n) is 3.68. The van der Waals surface area contributed by atoms with Gasteiger partial charge in [0.05, 0.1) is 11.9 Å². The topological polar surface area (TPSA) is 40.7 Å². The van der Waals surface area contributed by atoms with Gasteiger partial charge in [-0.15, -0.1) is 12.4 Å². The minimum Gasteiger partial charge on any atom is -0.311 e. The molecule has 1 aliphatic heterocycles. The Hall–Kier alpha value is -0.540. The van der Waals surface area contributed by atoms with Gasteiger partial charge in [-0.3, -0.25) is 5.10 Å². The zero-order valence-electron chi connectivity index (χ0n) is 6.26. The first-order chi connectivity index (χ1) is 4.97. The van der Waals surface area contributed by atoms with E-state index in [0.29, 0.717) is 0 Å². The zero-order valence-corrected chi connectivity index (χ0v) is 7.08. The van der Waals surface area contributed by atoms with Crippen LogP contribution in [0.1, 0.15) is 17.7 Å². The highest BCUT2D eigenvalue weighted by Gasteiger charge is 2.07. The largest absolute Gasteiger partial charge is 0.311 e. The third-order valence-electron chi connectivity index (χ3n) is 1.91. The molecule has 0 unspecified atom stereocenters. The van der Waals surface area contributed by atoms with Gasteiger partial charge in [0.2, 0.25) is 0 Å². The molecule has 0 atom stereocenters. The van der Waals surface area contributed by atoms with Gasteiger partial charge in [0.1, 0.15) is 0 Å². The van der Waals surface area contributed by atoms with Crippen LogP contribution in [0.15, 0.2) is 6.20 Å². The summed E-state index contributed by atoms with van der Waals surface area (Å²) in [6.45, 7) is 2.08. The van der Waals surface area contributed by atoms with Crippen LogP contribution in [0.5, 0.6) is 0 Å². The molecule has 0 bridgehead atoms.